The largest absolute Gasteiger partial charge is 0.496 e. The zero-order chi connectivity index (χ0) is 20.7. The lowest BCUT2D eigenvalue weighted by molar-refractivity contribution is -0.123. The van der Waals surface area contributed by atoms with Crippen molar-refractivity contribution in [1.29, 1.82) is 0 Å². The molecule has 2 rings (SSSR count). The van der Waals surface area contributed by atoms with Crippen LogP contribution in [0.25, 0.3) is 0 Å². The van der Waals surface area contributed by atoms with E-state index in [2.05, 4.69) is 5.32 Å². The summed E-state index contributed by atoms with van der Waals surface area (Å²) in [7, 11) is 2.91. The summed E-state index contributed by atoms with van der Waals surface area (Å²) in [6.45, 7) is 5.60. The number of nitrogens with one attached hydrogen (secondary N) is 1. The maximum absolute atomic E-state index is 12.7. The lowest BCUT2D eigenvalue weighted by Gasteiger charge is -2.19. The van der Waals surface area contributed by atoms with E-state index in [1.165, 1.54) is 21.1 Å². The minimum Gasteiger partial charge on any atom is -0.496 e. The number of para-hydroxylation sites is 1. The Morgan fingerprint density at radius 3 is 1.89 bits per heavy atom. The highest BCUT2D eigenvalue weighted by Crippen LogP contribution is 2.29. The highest BCUT2D eigenvalue weighted by atomic mass is 16.6. The predicted molar refractivity (Wildman–Crippen MR) is 108 cm³/mol. The number of esters is 1. The van der Waals surface area contributed by atoms with Gasteiger partial charge < -0.3 is 19.5 Å². The van der Waals surface area contributed by atoms with Crippen LogP contribution < -0.4 is 14.8 Å². The van der Waals surface area contributed by atoms with Crippen molar-refractivity contribution in [1.82, 2.24) is 0 Å². The van der Waals surface area contributed by atoms with Gasteiger partial charge in [-0.15, -0.1) is 0 Å². The molecular formula is C22H27NO5. The fourth-order valence-electron chi connectivity index (χ4n) is 2.95. The summed E-state index contributed by atoms with van der Waals surface area (Å²) < 4.78 is 15.8. The molecule has 0 spiro atoms. The third kappa shape index (κ3) is 4.63. The summed E-state index contributed by atoms with van der Waals surface area (Å²) in [5.41, 5.74) is 3.01. The number of rotatable bonds is 8. The maximum atomic E-state index is 12.7. The molecule has 0 bridgehead atoms. The lowest BCUT2D eigenvalue weighted by atomic mass is 10.0. The first-order valence-electron chi connectivity index (χ1n) is 9.30. The van der Waals surface area contributed by atoms with E-state index < -0.39 is 18.0 Å². The SMILES string of the molecule is CCc1cccc(CC)c1NC(=O)C(C)OC(=O)c1c(OC)cccc1OC. The van der Waals surface area contributed by atoms with Gasteiger partial charge in [0.1, 0.15) is 17.1 Å². The summed E-state index contributed by atoms with van der Waals surface area (Å²) in [6, 6.07) is 10.9. The Hall–Kier alpha value is -3.02. The van der Waals surface area contributed by atoms with Gasteiger partial charge in [0.2, 0.25) is 0 Å². The third-order valence-corrected chi connectivity index (χ3v) is 4.53. The predicted octanol–water partition coefficient (Wildman–Crippen LogP) is 4.01. The van der Waals surface area contributed by atoms with Crippen LogP contribution in [-0.4, -0.2) is 32.2 Å². The van der Waals surface area contributed by atoms with Gasteiger partial charge in [0.25, 0.3) is 5.91 Å². The first kappa shape index (κ1) is 21.3. The molecule has 0 aliphatic heterocycles. The van der Waals surface area contributed by atoms with E-state index in [-0.39, 0.29) is 5.56 Å². The number of carbonyl (C=O) groups is 2. The molecule has 0 saturated heterocycles. The van der Waals surface area contributed by atoms with Crippen LogP contribution in [0.4, 0.5) is 5.69 Å². The molecule has 150 valence electrons. The van der Waals surface area contributed by atoms with Crippen molar-refractivity contribution in [2.45, 2.75) is 39.7 Å². The van der Waals surface area contributed by atoms with Gasteiger partial charge in [-0.25, -0.2) is 4.79 Å². The molecule has 1 unspecified atom stereocenters. The second kappa shape index (κ2) is 9.78. The number of hydrogen-bond acceptors (Lipinski definition) is 5. The van der Waals surface area contributed by atoms with Crippen molar-refractivity contribution in [2.75, 3.05) is 19.5 Å². The molecule has 1 N–H and O–H groups in total. The Morgan fingerprint density at radius 2 is 1.43 bits per heavy atom. The summed E-state index contributed by atoms with van der Waals surface area (Å²) in [4.78, 5) is 25.3. The minimum absolute atomic E-state index is 0.148. The smallest absolute Gasteiger partial charge is 0.346 e. The second-order valence-electron chi connectivity index (χ2n) is 6.23. The number of anilines is 1. The molecule has 6 heteroatoms. The number of hydrogen-bond donors (Lipinski definition) is 1. The molecule has 6 nitrogen and oxygen atoms in total. The van der Waals surface area contributed by atoms with Crippen LogP contribution in [0.3, 0.4) is 0 Å². The average Bonchev–Trinajstić information content (AvgIpc) is 2.72. The minimum atomic E-state index is -0.989. The molecule has 2 aromatic rings. The Kier molecular flexibility index (Phi) is 7.44. The van der Waals surface area contributed by atoms with E-state index in [0.29, 0.717) is 11.5 Å². The zero-order valence-electron chi connectivity index (χ0n) is 17.0. The first-order chi connectivity index (χ1) is 13.5. The molecule has 28 heavy (non-hydrogen) atoms. The highest BCUT2D eigenvalue weighted by Gasteiger charge is 2.25. The molecule has 0 radical (unpaired) electrons. The van der Waals surface area contributed by atoms with Gasteiger partial charge in [-0.3, -0.25) is 4.79 Å². The van der Waals surface area contributed by atoms with Crippen LogP contribution in [0.2, 0.25) is 0 Å². The molecule has 1 amide bonds. The van der Waals surface area contributed by atoms with Crippen molar-refractivity contribution in [2.24, 2.45) is 0 Å². The fourth-order valence-corrected chi connectivity index (χ4v) is 2.95. The van der Waals surface area contributed by atoms with Crippen LogP contribution in [0.15, 0.2) is 36.4 Å². The van der Waals surface area contributed by atoms with E-state index in [4.69, 9.17) is 14.2 Å². The van der Waals surface area contributed by atoms with Crippen LogP contribution in [0, 0.1) is 0 Å². The number of benzene rings is 2. The van der Waals surface area contributed by atoms with Crippen LogP contribution >= 0.6 is 0 Å². The number of ether oxygens (including phenoxy) is 3. The van der Waals surface area contributed by atoms with Gasteiger partial charge in [0, 0.05) is 5.69 Å². The van der Waals surface area contributed by atoms with E-state index >= 15 is 0 Å². The fraction of sp³-hybridized carbons (Fsp3) is 0.364. The summed E-state index contributed by atoms with van der Waals surface area (Å²) in [5, 5.41) is 2.92. The second-order valence-corrected chi connectivity index (χ2v) is 6.23. The quantitative estimate of drug-likeness (QED) is 0.695. The standard InChI is InChI=1S/C22H27NO5/c1-6-15-10-8-11-16(7-2)20(15)23-21(24)14(3)28-22(25)19-17(26-4)12-9-13-18(19)27-5/h8-14H,6-7H2,1-5H3,(H,23,24). The third-order valence-electron chi connectivity index (χ3n) is 4.53. The Balaban J connectivity index is 2.19. The number of methoxy groups -OCH3 is 2. The van der Waals surface area contributed by atoms with Gasteiger partial charge in [-0.1, -0.05) is 38.1 Å². The first-order valence-corrected chi connectivity index (χ1v) is 9.30. The van der Waals surface area contributed by atoms with Crippen LogP contribution in [-0.2, 0) is 22.4 Å². The van der Waals surface area contributed by atoms with E-state index in [0.717, 1.165) is 29.7 Å². The molecule has 1 atom stereocenters. The van der Waals surface area contributed by atoms with Crippen molar-refractivity contribution >= 4 is 17.6 Å². The van der Waals surface area contributed by atoms with Gasteiger partial charge in [-0.05, 0) is 43.0 Å². The lowest BCUT2D eigenvalue weighted by Crippen LogP contribution is -2.31. The van der Waals surface area contributed by atoms with Crippen LogP contribution in [0.1, 0.15) is 42.3 Å². The normalized spacial score (nSPS) is 11.5. The summed E-state index contributed by atoms with van der Waals surface area (Å²) in [6.07, 6.45) is 0.586. The van der Waals surface area contributed by atoms with Crippen molar-refractivity contribution in [3.63, 3.8) is 0 Å². The molecule has 0 aliphatic carbocycles. The Morgan fingerprint density at radius 1 is 0.929 bits per heavy atom. The molecule has 0 fully saturated rings. The van der Waals surface area contributed by atoms with Crippen molar-refractivity contribution in [3.05, 3.63) is 53.1 Å². The number of aryl methyl sites for hydroxylation is 2. The molecule has 0 saturated carbocycles. The van der Waals surface area contributed by atoms with Gasteiger partial charge in [-0.2, -0.15) is 0 Å². The average molecular weight is 385 g/mol. The zero-order valence-corrected chi connectivity index (χ0v) is 17.0. The van der Waals surface area contributed by atoms with E-state index in [1.54, 1.807) is 18.2 Å². The molecule has 0 aromatic heterocycles. The molecule has 0 heterocycles. The van der Waals surface area contributed by atoms with Crippen molar-refractivity contribution in [3.8, 4) is 11.5 Å². The van der Waals surface area contributed by atoms with Gasteiger partial charge >= 0.3 is 5.97 Å². The Bertz CT molecular complexity index is 802. The van der Waals surface area contributed by atoms with E-state index in [9.17, 15) is 9.59 Å². The Labute approximate surface area is 165 Å². The molecular weight excluding hydrogens is 358 g/mol. The van der Waals surface area contributed by atoms with Crippen LogP contribution in [0.5, 0.6) is 11.5 Å². The molecule has 0 aliphatic rings. The number of amides is 1. The summed E-state index contributed by atoms with van der Waals surface area (Å²) in [5.74, 6) is -0.433. The van der Waals surface area contributed by atoms with E-state index in [1.807, 2.05) is 32.0 Å². The highest BCUT2D eigenvalue weighted by molar-refractivity contribution is 6.00. The van der Waals surface area contributed by atoms with Gasteiger partial charge in [0.15, 0.2) is 6.10 Å². The molecule has 2 aromatic carbocycles. The maximum Gasteiger partial charge on any atom is 0.346 e. The topological polar surface area (TPSA) is 73.9 Å². The monoisotopic (exact) mass is 385 g/mol. The van der Waals surface area contributed by atoms with Gasteiger partial charge in [0.05, 0.1) is 14.2 Å². The summed E-state index contributed by atoms with van der Waals surface area (Å²) >= 11 is 0. The van der Waals surface area contributed by atoms with Crippen molar-refractivity contribution < 1.29 is 23.8 Å². The number of carbonyl (C=O) groups excluding carboxylic acids is 2.